The van der Waals surface area contributed by atoms with Crippen LogP contribution in [0.15, 0.2) is 34.9 Å². The summed E-state index contributed by atoms with van der Waals surface area (Å²) in [6.07, 6.45) is 2.46. The van der Waals surface area contributed by atoms with Gasteiger partial charge in [0.05, 0.1) is 18.4 Å². The lowest BCUT2D eigenvalue weighted by Crippen LogP contribution is -2.22. The number of aromatic nitrogens is 1. The van der Waals surface area contributed by atoms with Crippen LogP contribution in [0.1, 0.15) is 28.2 Å². The molecular formula is C15H15N3O2S. The molecule has 0 saturated carbocycles. The van der Waals surface area contributed by atoms with Crippen molar-refractivity contribution in [1.29, 1.82) is 0 Å². The second-order valence-corrected chi connectivity index (χ2v) is 5.65. The van der Waals surface area contributed by atoms with Gasteiger partial charge in [-0.25, -0.2) is 4.98 Å². The number of nitrogen functional groups attached to an aromatic ring is 1. The van der Waals surface area contributed by atoms with Gasteiger partial charge in [-0.15, -0.1) is 11.3 Å². The number of nitrogens with two attached hydrogens (primary N) is 1. The van der Waals surface area contributed by atoms with Crippen molar-refractivity contribution in [3.63, 3.8) is 0 Å². The number of hydrogen-bond acceptors (Lipinski definition) is 5. The fourth-order valence-electron chi connectivity index (χ4n) is 2.06. The van der Waals surface area contributed by atoms with E-state index in [4.69, 9.17) is 10.2 Å². The fourth-order valence-corrected chi connectivity index (χ4v) is 3.10. The topological polar surface area (TPSA) is 81.2 Å². The predicted octanol–water partition coefficient (Wildman–Crippen LogP) is 2.96. The van der Waals surface area contributed by atoms with Crippen molar-refractivity contribution in [2.24, 2.45) is 0 Å². The van der Waals surface area contributed by atoms with Gasteiger partial charge in [-0.1, -0.05) is 25.1 Å². The number of nitrogens with zero attached hydrogens (tertiary/aromatic N) is 1. The Labute approximate surface area is 125 Å². The van der Waals surface area contributed by atoms with Gasteiger partial charge in [-0.2, -0.15) is 0 Å². The lowest BCUT2D eigenvalue weighted by molar-refractivity contribution is 0.0952. The quantitative estimate of drug-likeness (QED) is 0.776. The third kappa shape index (κ3) is 2.62. The van der Waals surface area contributed by atoms with Crippen molar-refractivity contribution < 1.29 is 9.21 Å². The number of hydrogen-bond donors (Lipinski definition) is 2. The Morgan fingerprint density at radius 1 is 1.43 bits per heavy atom. The van der Waals surface area contributed by atoms with E-state index in [2.05, 4.69) is 10.3 Å². The van der Waals surface area contributed by atoms with Crippen LogP contribution in [0.4, 0.5) is 5.69 Å². The number of carbonyl (C=O) groups is 1. The molecule has 0 aliphatic heterocycles. The van der Waals surface area contributed by atoms with Crippen molar-refractivity contribution in [2.75, 3.05) is 5.73 Å². The molecule has 0 spiro atoms. The molecule has 0 atom stereocenters. The smallest absolute Gasteiger partial charge is 0.263 e. The number of oxazole rings is 1. The molecule has 108 valence electrons. The average Bonchev–Trinajstić information content (AvgIpc) is 3.10. The third-order valence-corrected chi connectivity index (χ3v) is 4.38. The Bertz CT molecular complexity index is 791. The van der Waals surface area contributed by atoms with Crippen LogP contribution in [0.2, 0.25) is 0 Å². The van der Waals surface area contributed by atoms with E-state index < -0.39 is 0 Å². The number of anilines is 1. The number of thiophene rings is 1. The van der Waals surface area contributed by atoms with E-state index in [1.165, 1.54) is 11.3 Å². The van der Waals surface area contributed by atoms with Gasteiger partial charge in [0.1, 0.15) is 10.6 Å². The first-order valence-corrected chi connectivity index (χ1v) is 7.49. The monoisotopic (exact) mass is 301 g/mol. The molecule has 2 heterocycles. The van der Waals surface area contributed by atoms with Crippen molar-refractivity contribution in [3.8, 4) is 0 Å². The summed E-state index contributed by atoms with van der Waals surface area (Å²) in [4.78, 5) is 16.9. The van der Waals surface area contributed by atoms with Gasteiger partial charge in [0.15, 0.2) is 0 Å². The number of benzene rings is 1. The van der Waals surface area contributed by atoms with Gasteiger partial charge in [-0.05, 0) is 6.07 Å². The fraction of sp³-hybridized carbons (Fsp3) is 0.200. The number of amides is 1. The summed E-state index contributed by atoms with van der Waals surface area (Å²) in [6, 6.07) is 7.71. The van der Waals surface area contributed by atoms with Crippen molar-refractivity contribution >= 4 is 33.0 Å². The van der Waals surface area contributed by atoms with Gasteiger partial charge in [0.2, 0.25) is 5.89 Å². The molecule has 3 aromatic rings. The molecule has 3 rings (SSSR count). The molecule has 21 heavy (non-hydrogen) atoms. The van der Waals surface area contributed by atoms with Gasteiger partial charge in [0, 0.05) is 16.5 Å². The zero-order valence-electron chi connectivity index (χ0n) is 11.6. The summed E-state index contributed by atoms with van der Waals surface area (Å²) in [5.41, 5.74) is 6.57. The Balaban J connectivity index is 1.76. The van der Waals surface area contributed by atoms with Gasteiger partial charge in [-0.3, -0.25) is 4.79 Å². The van der Waals surface area contributed by atoms with E-state index in [1.54, 1.807) is 6.20 Å². The summed E-state index contributed by atoms with van der Waals surface area (Å²) in [5, 5.41) is 3.70. The molecule has 0 fully saturated rings. The zero-order chi connectivity index (χ0) is 14.8. The maximum absolute atomic E-state index is 12.2. The van der Waals surface area contributed by atoms with Crippen LogP contribution in [-0.2, 0) is 13.0 Å². The predicted molar refractivity (Wildman–Crippen MR) is 83.3 cm³/mol. The van der Waals surface area contributed by atoms with Gasteiger partial charge >= 0.3 is 0 Å². The first-order valence-electron chi connectivity index (χ1n) is 6.67. The van der Waals surface area contributed by atoms with E-state index >= 15 is 0 Å². The molecule has 0 aliphatic carbocycles. The third-order valence-electron chi connectivity index (χ3n) is 3.19. The van der Waals surface area contributed by atoms with Crippen LogP contribution in [0.25, 0.3) is 10.1 Å². The molecule has 0 saturated heterocycles. The molecule has 1 amide bonds. The highest BCUT2D eigenvalue weighted by atomic mass is 32.1. The second-order valence-electron chi connectivity index (χ2n) is 4.60. The molecule has 0 radical (unpaired) electrons. The molecule has 2 aromatic heterocycles. The lowest BCUT2D eigenvalue weighted by Gasteiger charge is -2.01. The van der Waals surface area contributed by atoms with E-state index in [0.29, 0.717) is 16.5 Å². The SMILES string of the molecule is CCc1cnc(CNC(=O)c2sc3ccccc3c2N)o1. The summed E-state index contributed by atoms with van der Waals surface area (Å²) < 4.78 is 6.46. The standard InChI is InChI=1S/C15H15N3O2S/c1-2-9-7-17-12(20-9)8-18-15(19)14-13(16)10-5-3-4-6-11(10)21-14/h3-7H,2,8,16H2,1H3,(H,18,19). The second kappa shape index (κ2) is 5.57. The summed E-state index contributed by atoms with van der Waals surface area (Å²) in [7, 11) is 0. The molecule has 5 nitrogen and oxygen atoms in total. The molecule has 0 aliphatic rings. The Hall–Kier alpha value is -2.34. The number of fused-ring (bicyclic) bond motifs is 1. The Kier molecular flexibility index (Phi) is 3.62. The highest BCUT2D eigenvalue weighted by Gasteiger charge is 2.16. The van der Waals surface area contributed by atoms with Crippen molar-refractivity contribution in [1.82, 2.24) is 10.3 Å². The molecule has 3 N–H and O–H groups in total. The zero-order valence-corrected chi connectivity index (χ0v) is 12.4. The Morgan fingerprint density at radius 3 is 2.95 bits per heavy atom. The molecule has 1 aromatic carbocycles. The largest absolute Gasteiger partial charge is 0.444 e. The van der Waals surface area contributed by atoms with Crippen LogP contribution in [-0.4, -0.2) is 10.9 Å². The van der Waals surface area contributed by atoms with E-state index in [1.807, 2.05) is 31.2 Å². The summed E-state index contributed by atoms with van der Waals surface area (Å²) >= 11 is 1.39. The molecule has 0 unspecified atom stereocenters. The molecule has 0 bridgehead atoms. The van der Waals surface area contributed by atoms with Gasteiger partial charge in [0.25, 0.3) is 5.91 Å². The van der Waals surface area contributed by atoms with Crippen LogP contribution in [0, 0.1) is 0 Å². The van der Waals surface area contributed by atoms with Crippen molar-refractivity contribution in [3.05, 3.63) is 47.0 Å². The van der Waals surface area contributed by atoms with Crippen LogP contribution in [0.3, 0.4) is 0 Å². The minimum atomic E-state index is -0.204. The van der Waals surface area contributed by atoms with Crippen LogP contribution >= 0.6 is 11.3 Å². The Morgan fingerprint density at radius 2 is 2.24 bits per heavy atom. The maximum atomic E-state index is 12.2. The minimum absolute atomic E-state index is 0.204. The average molecular weight is 301 g/mol. The molecular weight excluding hydrogens is 286 g/mol. The normalized spacial score (nSPS) is 10.9. The number of carbonyl (C=O) groups excluding carboxylic acids is 1. The molecule has 6 heteroatoms. The van der Waals surface area contributed by atoms with Gasteiger partial charge < -0.3 is 15.5 Å². The highest BCUT2D eigenvalue weighted by Crippen LogP contribution is 2.33. The first-order chi connectivity index (χ1) is 10.2. The summed E-state index contributed by atoms with van der Waals surface area (Å²) in [6.45, 7) is 2.24. The first kappa shape index (κ1) is 13.6. The van der Waals surface area contributed by atoms with E-state index in [9.17, 15) is 4.79 Å². The van der Waals surface area contributed by atoms with E-state index in [0.717, 1.165) is 22.3 Å². The van der Waals surface area contributed by atoms with Crippen LogP contribution < -0.4 is 11.1 Å². The van der Waals surface area contributed by atoms with Crippen LogP contribution in [0.5, 0.6) is 0 Å². The minimum Gasteiger partial charge on any atom is -0.444 e. The maximum Gasteiger partial charge on any atom is 0.263 e. The summed E-state index contributed by atoms with van der Waals surface area (Å²) in [5.74, 6) is 1.10. The number of nitrogens with one attached hydrogen (secondary N) is 1. The highest BCUT2D eigenvalue weighted by molar-refractivity contribution is 7.21. The number of aryl methyl sites for hydroxylation is 1. The lowest BCUT2D eigenvalue weighted by atomic mass is 10.2. The van der Waals surface area contributed by atoms with Crippen molar-refractivity contribution in [2.45, 2.75) is 19.9 Å². The number of rotatable bonds is 4. The van der Waals surface area contributed by atoms with E-state index in [-0.39, 0.29) is 12.5 Å².